The highest BCUT2D eigenvalue weighted by Gasteiger charge is 2.38. The molecule has 2 aromatic carbocycles. The van der Waals surface area contributed by atoms with E-state index >= 15 is 0 Å². The lowest BCUT2D eigenvalue weighted by molar-refractivity contribution is -0.131. The fraction of sp³-hybridized carbons (Fsp3) is 0.448. The highest BCUT2D eigenvalue weighted by Crippen LogP contribution is 2.27. The third kappa shape index (κ3) is 4.73. The molecule has 2 N–H and O–H groups in total. The van der Waals surface area contributed by atoms with Gasteiger partial charge in [-0.3, -0.25) is 14.5 Å². The molecule has 2 aromatic heterocycles. The number of carbonyl (C=O) groups excluding carboxylic acids is 1. The number of hydrogen-bond acceptors (Lipinski definition) is 8. The van der Waals surface area contributed by atoms with Crippen molar-refractivity contribution in [3.05, 3.63) is 57.9 Å². The van der Waals surface area contributed by atoms with Gasteiger partial charge in [-0.05, 0) is 55.5 Å². The molecule has 3 atom stereocenters. The van der Waals surface area contributed by atoms with Crippen LogP contribution >= 0.6 is 0 Å². The Balaban J connectivity index is 1.09. The van der Waals surface area contributed by atoms with Gasteiger partial charge in [-0.1, -0.05) is 17.7 Å². The zero-order chi connectivity index (χ0) is 28.2. The second-order valence-electron chi connectivity index (χ2n) is 11.6. The summed E-state index contributed by atoms with van der Waals surface area (Å²) in [6, 6.07) is 11.4. The number of rotatable bonds is 5. The number of nitrogens with zero attached hydrogens (tertiary/aromatic N) is 6. The second-order valence-corrected chi connectivity index (χ2v) is 12.9. The third-order valence-corrected chi connectivity index (χ3v) is 10.3. The number of amides is 1. The summed E-state index contributed by atoms with van der Waals surface area (Å²) in [4.78, 5) is 37.4. The number of carbonyl (C=O) groups is 1. The smallest absolute Gasteiger partial charge is 0.281 e. The second kappa shape index (κ2) is 10.3. The summed E-state index contributed by atoms with van der Waals surface area (Å²) in [6.07, 6.45) is 0. The van der Waals surface area contributed by atoms with E-state index in [4.69, 9.17) is 0 Å². The van der Waals surface area contributed by atoms with Crippen molar-refractivity contribution in [1.29, 1.82) is 0 Å². The summed E-state index contributed by atoms with van der Waals surface area (Å²) in [7, 11) is -1.60. The van der Waals surface area contributed by atoms with E-state index in [2.05, 4.69) is 35.3 Å². The van der Waals surface area contributed by atoms with E-state index in [1.807, 2.05) is 44.2 Å². The molecule has 3 saturated heterocycles. The predicted octanol–water partition coefficient (Wildman–Crippen LogP) is 1.15. The van der Waals surface area contributed by atoms with E-state index in [1.165, 1.54) is 0 Å². The first kappa shape index (κ1) is 26.3. The van der Waals surface area contributed by atoms with Crippen LogP contribution in [-0.2, 0) is 15.6 Å². The number of aryl methyl sites for hydroxylation is 2. The largest absolute Gasteiger partial charge is 0.369 e. The Hall–Kier alpha value is -3.61. The quantitative estimate of drug-likeness (QED) is 0.365. The van der Waals surface area contributed by atoms with Crippen molar-refractivity contribution in [3.8, 4) is 0 Å². The van der Waals surface area contributed by atoms with E-state index in [9.17, 15) is 13.8 Å². The summed E-state index contributed by atoms with van der Waals surface area (Å²) < 4.78 is 15.1. The monoisotopic (exact) mass is 574 g/mol. The highest BCUT2D eigenvalue weighted by atomic mass is 32.2. The van der Waals surface area contributed by atoms with Gasteiger partial charge < -0.3 is 15.1 Å². The lowest BCUT2D eigenvalue weighted by Gasteiger charge is -2.36. The lowest BCUT2D eigenvalue weighted by Crippen LogP contribution is -2.50. The number of fused-ring (bicyclic) bond motifs is 4. The molecular formula is C29H34N8O3S. The summed E-state index contributed by atoms with van der Waals surface area (Å²) in [5, 5.41) is 11.4. The van der Waals surface area contributed by atoms with Gasteiger partial charge in [0.15, 0.2) is 10.7 Å². The van der Waals surface area contributed by atoms with Crippen LogP contribution in [0.2, 0.25) is 0 Å². The first-order chi connectivity index (χ1) is 19.9. The summed E-state index contributed by atoms with van der Waals surface area (Å²) in [6.45, 7) is 11.3. The number of piperazine rings is 1. The van der Waals surface area contributed by atoms with Crippen LogP contribution in [0.15, 0.2) is 51.1 Å². The molecule has 0 spiro atoms. The molecule has 0 saturated carbocycles. The normalized spacial score (nSPS) is 22.1. The van der Waals surface area contributed by atoms with Gasteiger partial charge in [0, 0.05) is 62.9 Å². The van der Waals surface area contributed by atoms with Gasteiger partial charge in [0.2, 0.25) is 5.91 Å². The molecule has 214 valence electrons. The van der Waals surface area contributed by atoms with E-state index in [0.29, 0.717) is 34.2 Å². The van der Waals surface area contributed by atoms with Crippen LogP contribution < -0.4 is 15.8 Å². The average Bonchev–Trinajstić information content (AvgIpc) is 3.69. The maximum Gasteiger partial charge on any atom is 0.281 e. The molecule has 12 heteroatoms. The molecule has 7 rings (SSSR count). The molecule has 0 radical (unpaired) electrons. The molecule has 11 nitrogen and oxygen atoms in total. The van der Waals surface area contributed by atoms with Crippen molar-refractivity contribution < 1.29 is 9.00 Å². The summed E-state index contributed by atoms with van der Waals surface area (Å²) in [5.74, 6) is 1.45. The molecule has 3 aliphatic heterocycles. The maximum absolute atomic E-state index is 13.5. The molecule has 3 fully saturated rings. The van der Waals surface area contributed by atoms with Gasteiger partial charge in [-0.25, -0.2) is 13.9 Å². The highest BCUT2D eigenvalue weighted by molar-refractivity contribution is 7.85. The third-order valence-electron chi connectivity index (χ3n) is 8.86. The van der Waals surface area contributed by atoms with E-state index in [0.717, 1.165) is 69.2 Å². The minimum Gasteiger partial charge on any atom is -0.369 e. The SMILES string of the molecule is Cc1ccc(S(=O)c2n[nH]n3c2nc(=O)c2ccc(N4CCN(CC(=O)N5C[C@H]6CNC[C@H]6C5)CC4)cc23)c(C)c1. The number of H-pyrrole nitrogens is 1. The Morgan fingerprint density at radius 3 is 2.51 bits per heavy atom. The first-order valence-corrected chi connectivity index (χ1v) is 15.4. The number of nitrogens with one attached hydrogen (secondary N) is 2. The molecule has 1 amide bonds. The van der Waals surface area contributed by atoms with Crippen LogP contribution in [0.5, 0.6) is 0 Å². The maximum atomic E-state index is 13.5. The molecule has 5 heterocycles. The molecule has 4 aromatic rings. The minimum atomic E-state index is -1.60. The standard InChI is InChI=1S/C29H34N8O3S/c1-18-3-6-25(19(2)11-18)41(40)29-27-31-28(39)23-5-4-22(12-24(23)37(27)33-32-29)35-9-7-34(8-10-35)17-26(38)36-15-20-13-30-14-21(20)16-36/h3-6,11-12,20-21,30,33H,7-10,13-17H2,1-2H3/t20-,21+,41?. The van der Waals surface area contributed by atoms with Crippen LogP contribution in [-0.4, -0.2) is 98.6 Å². The zero-order valence-corrected chi connectivity index (χ0v) is 24.1. The number of likely N-dealkylation sites (tertiary alicyclic amines) is 1. The number of benzene rings is 2. The topological polar surface area (TPSA) is 119 Å². The number of anilines is 1. The molecule has 3 aliphatic rings. The van der Waals surface area contributed by atoms with Crippen LogP contribution in [0.1, 0.15) is 11.1 Å². The minimum absolute atomic E-state index is 0.234. The Morgan fingerprint density at radius 1 is 1.02 bits per heavy atom. The fourth-order valence-corrected chi connectivity index (χ4v) is 7.72. The fourth-order valence-electron chi connectivity index (χ4n) is 6.54. The van der Waals surface area contributed by atoms with E-state index in [1.54, 1.807) is 10.6 Å². The molecule has 41 heavy (non-hydrogen) atoms. The number of hydrogen-bond donors (Lipinski definition) is 2. The van der Waals surface area contributed by atoms with Crippen LogP contribution in [0, 0.1) is 25.7 Å². The van der Waals surface area contributed by atoms with E-state index in [-0.39, 0.29) is 22.1 Å². The molecule has 1 unspecified atom stereocenters. The van der Waals surface area contributed by atoms with Crippen molar-refractivity contribution in [2.24, 2.45) is 11.8 Å². The summed E-state index contributed by atoms with van der Waals surface area (Å²) >= 11 is 0. The van der Waals surface area contributed by atoms with Crippen molar-refractivity contribution in [1.82, 2.24) is 34.9 Å². The van der Waals surface area contributed by atoms with Gasteiger partial charge in [0.25, 0.3) is 5.56 Å². The molecule has 0 bridgehead atoms. The van der Waals surface area contributed by atoms with Crippen LogP contribution in [0.4, 0.5) is 5.69 Å². The predicted molar refractivity (Wildman–Crippen MR) is 157 cm³/mol. The van der Waals surface area contributed by atoms with Crippen molar-refractivity contribution in [3.63, 3.8) is 0 Å². The number of aromatic amines is 1. The van der Waals surface area contributed by atoms with Gasteiger partial charge in [0.1, 0.15) is 10.8 Å². The van der Waals surface area contributed by atoms with E-state index < -0.39 is 10.8 Å². The molecular weight excluding hydrogens is 540 g/mol. The van der Waals surface area contributed by atoms with Crippen LogP contribution in [0.25, 0.3) is 16.6 Å². The first-order valence-electron chi connectivity index (χ1n) is 14.2. The number of aromatic nitrogens is 4. The Labute approximate surface area is 240 Å². The summed E-state index contributed by atoms with van der Waals surface area (Å²) in [5.41, 5.74) is 3.49. The average molecular weight is 575 g/mol. The van der Waals surface area contributed by atoms with Crippen LogP contribution in [0.3, 0.4) is 0 Å². The zero-order valence-electron chi connectivity index (χ0n) is 23.3. The molecule has 0 aliphatic carbocycles. The van der Waals surface area contributed by atoms with Crippen molar-refractivity contribution in [2.45, 2.75) is 23.8 Å². The van der Waals surface area contributed by atoms with Gasteiger partial charge in [-0.15, -0.1) is 5.10 Å². The van der Waals surface area contributed by atoms with Crippen molar-refractivity contribution in [2.75, 3.05) is 63.8 Å². The Morgan fingerprint density at radius 2 is 1.78 bits per heavy atom. The lowest BCUT2D eigenvalue weighted by atomic mass is 10.0. The Kier molecular flexibility index (Phi) is 6.63. The van der Waals surface area contributed by atoms with Gasteiger partial charge in [-0.2, -0.15) is 4.98 Å². The van der Waals surface area contributed by atoms with Gasteiger partial charge >= 0.3 is 0 Å². The Bertz CT molecular complexity index is 1730. The van der Waals surface area contributed by atoms with Crippen molar-refractivity contribution >= 4 is 38.9 Å². The van der Waals surface area contributed by atoms with Gasteiger partial charge in [0.05, 0.1) is 17.4 Å².